The lowest BCUT2D eigenvalue weighted by Gasteiger charge is -2.29. The number of carbonyl (C=O) groups is 1. The van der Waals surface area contributed by atoms with Gasteiger partial charge in [0, 0.05) is 11.3 Å². The van der Waals surface area contributed by atoms with Crippen LogP contribution in [0.2, 0.25) is 0 Å². The maximum absolute atomic E-state index is 13.7. The molecule has 108 valence electrons. The van der Waals surface area contributed by atoms with E-state index in [-0.39, 0.29) is 24.6 Å². The van der Waals surface area contributed by atoms with Gasteiger partial charge in [-0.15, -0.1) is 0 Å². The van der Waals surface area contributed by atoms with E-state index in [4.69, 9.17) is 10.5 Å². The fraction of sp³-hybridized carbons (Fsp3) is 0.133. The van der Waals surface area contributed by atoms with Crippen LogP contribution in [0.4, 0.5) is 20.2 Å². The van der Waals surface area contributed by atoms with E-state index >= 15 is 0 Å². The highest BCUT2D eigenvalue weighted by molar-refractivity contribution is 5.98. The molecule has 0 saturated carbocycles. The summed E-state index contributed by atoms with van der Waals surface area (Å²) in [6, 6.07) is 8.01. The van der Waals surface area contributed by atoms with Gasteiger partial charge >= 0.3 is 0 Å². The lowest BCUT2D eigenvalue weighted by Crippen LogP contribution is -2.38. The second-order valence-electron chi connectivity index (χ2n) is 4.73. The van der Waals surface area contributed by atoms with Crippen molar-refractivity contribution in [1.82, 2.24) is 0 Å². The van der Waals surface area contributed by atoms with Crippen LogP contribution in [0.15, 0.2) is 36.4 Å². The molecule has 1 amide bonds. The van der Waals surface area contributed by atoms with Gasteiger partial charge in [0.25, 0.3) is 5.91 Å². The molecule has 1 heterocycles. The smallest absolute Gasteiger partial charge is 0.265 e. The minimum atomic E-state index is -0.568. The standard InChI is InChI=1S/C15H12F2N2O2/c16-10-1-3-12(17)9(5-10)7-19-13-6-11(18)2-4-14(13)21-8-15(19)20/h1-6H,7-8,18H2. The normalized spacial score (nSPS) is 13.8. The molecule has 2 aromatic rings. The Hall–Kier alpha value is -2.63. The van der Waals surface area contributed by atoms with Gasteiger partial charge < -0.3 is 15.4 Å². The fourth-order valence-corrected chi connectivity index (χ4v) is 2.23. The predicted molar refractivity (Wildman–Crippen MR) is 73.9 cm³/mol. The molecule has 0 aromatic heterocycles. The van der Waals surface area contributed by atoms with Crippen molar-refractivity contribution in [1.29, 1.82) is 0 Å². The highest BCUT2D eigenvalue weighted by Crippen LogP contribution is 2.34. The molecule has 3 rings (SSSR count). The van der Waals surface area contributed by atoms with Gasteiger partial charge in [-0.25, -0.2) is 8.78 Å². The van der Waals surface area contributed by atoms with Crippen LogP contribution in [0.25, 0.3) is 0 Å². The van der Waals surface area contributed by atoms with Gasteiger partial charge in [0.1, 0.15) is 17.4 Å². The number of ether oxygens (including phenoxy) is 1. The zero-order valence-electron chi connectivity index (χ0n) is 11.0. The van der Waals surface area contributed by atoms with E-state index in [1.165, 1.54) is 4.90 Å². The third-order valence-electron chi connectivity index (χ3n) is 3.26. The van der Waals surface area contributed by atoms with Crippen LogP contribution < -0.4 is 15.4 Å². The maximum atomic E-state index is 13.7. The number of anilines is 2. The number of halogens is 2. The summed E-state index contributed by atoms with van der Waals surface area (Å²) in [7, 11) is 0. The number of nitrogen functional groups attached to an aromatic ring is 1. The first-order chi connectivity index (χ1) is 10.0. The molecule has 0 atom stereocenters. The SMILES string of the molecule is Nc1ccc2c(c1)N(Cc1cc(F)ccc1F)C(=O)CO2. The number of fused-ring (bicyclic) bond motifs is 1. The average Bonchev–Trinajstić information content (AvgIpc) is 2.46. The number of rotatable bonds is 2. The second kappa shape index (κ2) is 5.05. The van der Waals surface area contributed by atoms with Gasteiger partial charge in [0.2, 0.25) is 0 Å². The van der Waals surface area contributed by atoms with Crippen molar-refractivity contribution < 1.29 is 18.3 Å². The minimum Gasteiger partial charge on any atom is -0.482 e. The molecular weight excluding hydrogens is 278 g/mol. The number of carbonyl (C=O) groups excluding carboxylic acids is 1. The molecule has 0 saturated heterocycles. The first-order valence-corrected chi connectivity index (χ1v) is 6.31. The first kappa shape index (κ1) is 13.4. The predicted octanol–water partition coefficient (Wildman–Crippen LogP) is 2.47. The molecule has 0 spiro atoms. The summed E-state index contributed by atoms with van der Waals surface area (Å²) < 4.78 is 32.3. The summed E-state index contributed by atoms with van der Waals surface area (Å²) in [4.78, 5) is 13.4. The third kappa shape index (κ3) is 2.52. The number of benzene rings is 2. The van der Waals surface area contributed by atoms with Crippen molar-refractivity contribution in [2.24, 2.45) is 0 Å². The van der Waals surface area contributed by atoms with E-state index < -0.39 is 11.6 Å². The lowest BCUT2D eigenvalue weighted by atomic mass is 10.1. The number of amides is 1. The molecule has 0 unspecified atom stereocenters. The molecule has 0 aliphatic carbocycles. The van der Waals surface area contributed by atoms with Gasteiger partial charge in [0.15, 0.2) is 6.61 Å². The summed E-state index contributed by atoms with van der Waals surface area (Å²) in [5.74, 6) is -0.974. The van der Waals surface area contributed by atoms with Crippen LogP contribution in [0.1, 0.15) is 5.56 Å². The van der Waals surface area contributed by atoms with E-state index in [1.807, 2.05) is 0 Å². The molecule has 1 aliphatic heterocycles. The Kier molecular flexibility index (Phi) is 3.21. The summed E-state index contributed by atoms with van der Waals surface area (Å²) in [6.07, 6.45) is 0. The third-order valence-corrected chi connectivity index (χ3v) is 3.26. The fourth-order valence-electron chi connectivity index (χ4n) is 2.23. The monoisotopic (exact) mass is 290 g/mol. The van der Waals surface area contributed by atoms with Gasteiger partial charge in [-0.1, -0.05) is 0 Å². The first-order valence-electron chi connectivity index (χ1n) is 6.31. The van der Waals surface area contributed by atoms with Gasteiger partial charge in [-0.3, -0.25) is 4.79 Å². The molecule has 0 fully saturated rings. The number of hydrogen-bond donors (Lipinski definition) is 1. The Morgan fingerprint density at radius 3 is 2.81 bits per heavy atom. The van der Waals surface area contributed by atoms with Crippen LogP contribution in [0.5, 0.6) is 5.75 Å². The molecule has 21 heavy (non-hydrogen) atoms. The van der Waals surface area contributed by atoms with Crippen LogP contribution in [-0.2, 0) is 11.3 Å². The maximum Gasteiger partial charge on any atom is 0.265 e. The summed E-state index contributed by atoms with van der Waals surface area (Å²) in [5, 5.41) is 0. The van der Waals surface area contributed by atoms with Crippen molar-refractivity contribution in [3.8, 4) is 5.75 Å². The Bertz CT molecular complexity index is 719. The summed E-state index contributed by atoms with van der Waals surface area (Å²) >= 11 is 0. The van der Waals surface area contributed by atoms with Crippen molar-refractivity contribution in [3.05, 3.63) is 53.6 Å². The van der Waals surface area contributed by atoms with Crippen LogP contribution >= 0.6 is 0 Å². The Labute approximate surface area is 119 Å². The van der Waals surface area contributed by atoms with Gasteiger partial charge in [-0.05, 0) is 36.4 Å². The van der Waals surface area contributed by atoms with Crippen LogP contribution in [0.3, 0.4) is 0 Å². The topological polar surface area (TPSA) is 55.6 Å². The van der Waals surface area contributed by atoms with E-state index in [0.29, 0.717) is 17.1 Å². The Morgan fingerprint density at radius 1 is 1.19 bits per heavy atom. The van der Waals surface area contributed by atoms with E-state index in [0.717, 1.165) is 18.2 Å². The highest BCUT2D eigenvalue weighted by Gasteiger charge is 2.26. The van der Waals surface area contributed by atoms with Crippen molar-refractivity contribution in [2.75, 3.05) is 17.2 Å². The number of nitrogens with zero attached hydrogens (tertiary/aromatic N) is 1. The van der Waals surface area contributed by atoms with Crippen molar-refractivity contribution >= 4 is 17.3 Å². The molecule has 6 heteroatoms. The lowest BCUT2D eigenvalue weighted by molar-refractivity contribution is -0.121. The van der Waals surface area contributed by atoms with Gasteiger partial charge in [0.05, 0.1) is 12.2 Å². The highest BCUT2D eigenvalue weighted by atomic mass is 19.1. The van der Waals surface area contributed by atoms with Crippen molar-refractivity contribution in [2.45, 2.75) is 6.54 Å². The largest absolute Gasteiger partial charge is 0.482 e. The van der Waals surface area contributed by atoms with E-state index in [9.17, 15) is 13.6 Å². The Balaban J connectivity index is 2.00. The van der Waals surface area contributed by atoms with Crippen LogP contribution in [-0.4, -0.2) is 12.5 Å². The molecule has 0 bridgehead atoms. The summed E-state index contributed by atoms with van der Waals surface area (Å²) in [5.41, 5.74) is 6.71. The van der Waals surface area contributed by atoms with Crippen molar-refractivity contribution in [3.63, 3.8) is 0 Å². The molecule has 1 aliphatic rings. The van der Waals surface area contributed by atoms with Crippen LogP contribution in [0, 0.1) is 11.6 Å². The Morgan fingerprint density at radius 2 is 2.00 bits per heavy atom. The molecule has 2 N–H and O–H groups in total. The molecule has 2 aromatic carbocycles. The average molecular weight is 290 g/mol. The molecular formula is C15H12F2N2O2. The number of nitrogens with two attached hydrogens (primary N) is 1. The minimum absolute atomic E-state index is 0.0811. The second-order valence-corrected chi connectivity index (χ2v) is 4.73. The van der Waals surface area contributed by atoms with E-state index in [2.05, 4.69) is 0 Å². The van der Waals surface area contributed by atoms with E-state index in [1.54, 1.807) is 18.2 Å². The molecule has 0 radical (unpaired) electrons. The zero-order valence-corrected chi connectivity index (χ0v) is 11.0. The zero-order chi connectivity index (χ0) is 15.0. The summed E-state index contributed by atoms with van der Waals surface area (Å²) in [6.45, 7) is -0.226. The quantitative estimate of drug-likeness (QED) is 0.864. The van der Waals surface area contributed by atoms with Gasteiger partial charge in [-0.2, -0.15) is 0 Å². The number of hydrogen-bond acceptors (Lipinski definition) is 3. The molecule has 4 nitrogen and oxygen atoms in total.